The lowest BCUT2D eigenvalue weighted by Crippen LogP contribution is -2.56. The van der Waals surface area contributed by atoms with Gasteiger partial charge in [0.2, 0.25) is 5.91 Å². The Labute approximate surface area is 173 Å². The van der Waals surface area contributed by atoms with Gasteiger partial charge in [-0.3, -0.25) is 4.79 Å². The van der Waals surface area contributed by atoms with Crippen molar-refractivity contribution in [3.05, 3.63) is 24.3 Å². The molecule has 5 nitrogen and oxygen atoms in total. The Hall–Kier alpha value is -1.55. The molecule has 0 saturated heterocycles. The average molecular weight is 404 g/mol. The van der Waals surface area contributed by atoms with Gasteiger partial charge in [-0.25, -0.2) is 0 Å². The molecule has 1 aromatic rings. The molecule has 28 heavy (non-hydrogen) atoms. The van der Waals surface area contributed by atoms with Crippen LogP contribution in [0.25, 0.3) is 0 Å². The number of benzene rings is 1. The van der Waals surface area contributed by atoms with E-state index in [2.05, 4.69) is 37.5 Å². The molecule has 1 aliphatic carbocycles. The van der Waals surface area contributed by atoms with Gasteiger partial charge in [-0.2, -0.15) is 5.26 Å². The van der Waals surface area contributed by atoms with Gasteiger partial charge in [0.25, 0.3) is 0 Å². The number of carbonyl (C=O) groups is 1. The standard InChI is InChI=1S/C22H33N3O2S/c1-16-9-21(3,4)14-22(10-16,15-26)24-12-20(27)25-18-7-5-6-8-19(18)28-13-17(2)11-23/h5-8,16-17,24,26H,9-10,12-15H2,1-4H3,(H,25,27). The van der Waals surface area contributed by atoms with Crippen LogP contribution in [0, 0.1) is 28.6 Å². The fourth-order valence-corrected chi connectivity index (χ4v) is 5.42. The molecule has 3 atom stereocenters. The first kappa shape index (κ1) is 22.7. The maximum atomic E-state index is 12.6. The van der Waals surface area contributed by atoms with E-state index in [1.165, 1.54) is 0 Å². The highest BCUT2D eigenvalue weighted by atomic mass is 32.2. The van der Waals surface area contributed by atoms with Gasteiger partial charge in [0.05, 0.1) is 30.8 Å². The van der Waals surface area contributed by atoms with Gasteiger partial charge in [-0.15, -0.1) is 11.8 Å². The van der Waals surface area contributed by atoms with E-state index in [0.717, 1.165) is 29.8 Å². The number of aliphatic hydroxyl groups is 1. The smallest absolute Gasteiger partial charge is 0.238 e. The van der Waals surface area contributed by atoms with Gasteiger partial charge < -0.3 is 15.7 Å². The van der Waals surface area contributed by atoms with Gasteiger partial charge in [0.1, 0.15) is 0 Å². The number of anilines is 1. The van der Waals surface area contributed by atoms with Crippen LogP contribution in [-0.2, 0) is 4.79 Å². The van der Waals surface area contributed by atoms with Crippen molar-refractivity contribution in [1.82, 2.24) is 5.32 Å². The molecule has 0 aromatic heterocycles. The first-order chi connectivity index (χ1) is 13.2. The highest BCUT2D eigenvalue weighted by molar-refractivity contribution is 7.99. The van der Waals surface area contributed by atoms with Crippen molar-refractivity contribution in [2.75, 3.05) is 24.2 Å². The molecule has 0 heterocycles. The summed E-state index contributed by atoms with van der Waals surface area (Å²) in [6.45, 7) is 8.75. The molecule has 3 N–H and O–H groups in total. The number of rotatable bonds is 8. The second kappa shape index (κ2) is 9.78. The molecule has 1 aliphatic rings. The summed E-state index contributed by atoms with van der Waals surface area (Å²) in [5.41, 5.74) is 0.499. The maximum Gasteiger partial charge on any atom is 0.238 e. The van der Waals surface area contributed by atoms with Gasteiger partial charge in [0.15, 0.2) is 0 Å². The molecule has 0 aliphatic heterocycles. The predicted octanol–water partition coefficient (Wildman–Crippen LogP) is 4.04. The Kier molecular flexibility index (Phi) is 7.94. The normalized spacial score (nSPS) is 24.9. The summed E-state index contributed by atoms with van der Waals surface area (Å²) < 4.78 is 0. The number of aliphatic hydroxyl groups excluding tert-OH is 1. The second-order valence-electron chi connectivity index (χ2n) is 9.03. The van der Waals surface area contributed by atoms with Crippen LogP contribution in [0.1, 0.15) is 47.0 Å². The number of hydrogen-bond donors (Lipinski definition) is 3. The Morgan fingerprint density at radius 1 is 1.39 bits per heavy atom. The summed E-state index contributed by atoms with van der Waals surface area (Å²) in [5, 5.41) is 25.4. The number of nitrogens with zero attached hydrogens (tertiary/aromatic N) is 1. The number of nitriles is 1. The molecule has 0 bridgehead atoms. The first-order valence-electron chi connectivity index (χ1n) is 9.96. The van der Waals surface area contributed by atoms with Gasteiger partial charge >= 0.3 is 0 Å². The highest BCUT2D eigenvalue weighted by Gasteiger charge is 2.42. The second-order valence-corrected chi connectivity index (χ2v) is 10.1. The third-order valence-corrected chi connectivity index (χ3v) is 6.59. The van der Waals surface area contributed by atoms with Gasteiger partial charge in [0, 0.05) is 16.2 Å². The first-order valence-corrected chi connectivity index (χ1v) is 10.9. The third kappa shape index (κ3) is 6.51. The lowest BCUT2D eigenvalue weighted by atomic mass is 9.64. The monoisotopic (exact) mass is 403 g/mol. The number of thioether (sulfide) groups is 1. The zero-order valence-electron chi connectivity index (χ0n) is 17.4. The molecule has 1 amide bonds. The quantitative estimate of drug-likeness (QED) is 0.570. The van der Waals surface area contributed by atoms with Crippen LogP contribution in [0.5, 0.6) is 0 Å². The van der Waals surface area contributed by atoms with Crippen LogP contribution in [-0.4, -0.2) is 35.5 Å². The van der Waals surface area contributed by atoms with E-state index in [1.54, 1.807) is 11.8 Å². The molecule has 154 valence electrons. The van der Waals surface area contributed by atoms with Crippen LogP contribution in [0.3, 0.4) is 0 Å². The molecule has 1 saturated carbocycles. The van der Waals surface area contributed by atoms with Crippen LogP contribution in [0.15, 0.2) is 29.2 Å². The molecule has 2 rings (SSSR count). The lowest BCUT2D eigenvalue weighted by Gasteiger charge is -2.47. The summed E-state index contributed by atoms with van der Waals surface area (Å²) in [7, 11) is 0. The summed E-state index contributed by atoms with van der Waals surface area (Å²) in [6, 6.07) is 9.89. The topological polar surface area (TPSA) is 85.2 Å². The molecule has 0 radical (unpaired) electrons. The number of amides is 1. The van der Waals surface area contributed by atoms with Crippen molar-refractivity contribution in [2.24, 2.45) is 17.3 Å². The zero-order valence-corrected chi connectivity index (χ0v) is 18.2. The van der Waals surface area contributed by atoms with E-state index < -0.39 is 5.54 Å². The van der Waals surface area contributed by atoms with Crippen molar-refractivity contribution in [3.63, 3.8) is 0 Å². The van der Waals surface area contributed by atoms with Crippen LogP contribution < -0.4 is 10.6 Å². The molecule has 1 aromatic carbocycles. The fraction of sp³-hybridized carbons (Fsp3) is 0.636. The van der Waals surface area contributed by atoms with E-state index in [-0.39, 0.29) is 30.4 Å². The Morgan fingerprint density at radius 2 is 2.11 bits per heavy atom. The number of hydrogen-bond acceptors (Lipinski definition) is 5. The van der Waals surface area contributed by atoms with Crippen LogP contribution in [0.4, 0.5) is 5.69 Å². The van der Waals surface area contributed by atoms with E-state index in [1.807, 2.05) is 31.2 Å². The van der Waals surface area contributed by atoms with Gasteiger partial charge in [-0.1, -0.05) is 32.9 Å². The van der Waals surface area contributed by atoms with E-state index in [4.69, 9.17) is 5.26 Å². The third-order valence-electron chi connectivity index (χ3n) is 5.25. The zero-order chi connectivity index (χ0) is 20.8. The van der Waals surface area contributed by atoms with Crippen molar-refractivity contribution in [2.45, 2.75) is 57.4 Å². The van der Waals surface area contributed by atoms with E-state index >= 15 is 0 Å². The van der Waals surface area contributed by atoms with E-state index in [0.29, 0.717) is 11.7 Å². The Morgan fingerprint density at radius 3 is 2.75 bits per heavy atom. The Bertz CT molecular complexity index is 716. The molecule has 0 spiro atoms. The van der Waals surface area contributed by atoms with E-state index in [9.17, 15) is 9.90 Å². The summed E-state index contributed by atoms with van der Waals surface area (Å²) in [5.74, 6) is 1.02. The number of para-hydroxylation sites is 1. The summed E-state index contributed by atoms with van der Waals surface area (Å²) in [4.78, 5) is 13.5. The number of nitrogens with one attached hydrogen (secondary N) is 2. The van der Waals surface area contributed by atoms with Crippen molar-refractivity contribution < 1.29 is 9.90 Å². The average Bonchev–Trinajstić information content (AvgIpc) is 2.64. The molecule has 3 unspecified atom stereocenters. The van der Waals surface area contributed by atoms with Crippen molar-refractivity contribution in [3.8, 4) is 6.07 Å². The van der Waals surface area contributed by atoms with Crippen molar-refractivity contribution >= 4 is 23.4 Å². The molecule has 1 fully saturated rings. The van der Waals surface area contributed by atoms with Crippen LogP contribution >= 0.6 is 11.8 Å². The predicted molar refractivity (Wildman–Crippen MR) is 115 cm³/mol. The molecular weight excluding hydrogens is 370 g/mol. The largest absolute Gasteiger partial charge is 0.394 e. The SMILES string of the molecule is CC(C#N)CSc1ccccc1NC(=O)CNC1(CO)CC(C)CC(C)(C)C1. The minimum absolute atomic E-state index is 0.0343. The van der Waals surface area contributed by atoms with Crippen molar-refractivity contribution in [1.29, 1.82) is 5.26 Å². The van der Waals surface area contributed by atoms with Crippen LogP contribution in [0.2, 0.25) is 0 Å². The molecule has 6 heteroatoms. The maximum absolute atomic E-state index is 12.6. The summed E-state index contributed by atoms with van der Waals surface area (Å²) in [6.07, 6.45) is 2.86. The Balaban J connectivity index is 1.98. The minimum Gasteiger partial charge on any atom is -0.394 e. The molecular formula is C22H33N3O2S. The lowest BCUT2D eigenvalue weighted by molar-refractivity contribution is -0.116. The summed E-state index contributed by atoms with van der Waals surface area (Å²) >= 11 is 1.57. The number of carbonyl (C=O) groups excluding carboxylic acids is 1. The van der Waals surface area contributed by atoms with Gasteiger partial charge in [-0.05, 0) is 49.7 Å². The fourth-order valence-electron chi connectivity index (χ4n) is 4.46. The minimum atomic E-state index is -0.408. The highest BCUT2D eigenvalue weighted by Crippen LogP contribution is 2.43.